The maximum Gasteiger partial charge on any atom is 0.303 e. The zero-order chi connectivity index (χ0) is 33.9. The molecule has 2 bridgehead atoms. The third kappa shape index (κ3) is 3.88. The fraction of sp³-hybridized carbons (Fsp3) is 0.973. The lowest BCUT2D eigenvalue weighted by atomic mass is 9.41. The van der Waals surface area contributed by atoms with Crippen LogP contribution in [0, 0.1) is 50.7 Å². The standard InChI is InChI=1S/C37H58O10/c1-18-15-21-28(32(5,6)45-19(2)38)47-37(46-21)27(18)33(7)13-14-36-17-35(36)12-11-24(44-29-26(41)25(40)20(39)16-43-29)31(3,4)22(35)9-10-23(36)34(33,8)30(37)42/h18,20-30,39-42H,9-17H2,1-8H3/t18-,20?,21-,22?,23+,24+,25?,26?,27-,28+,29?,30-,33-,34-,35-,36+,37+/m1/s1. The molecule has 5 unspecified atom stereocenters. The molecule has 3 saturated heterocycles. The first-order chi connectivity index (χ1) is 21.8. The van der Waals surface area contributed by atoms with E-state index in [0.29, 0.717) is 11.8 Å². The van der Waals surface area contributed by atoms with Crippen LogP contribution in [0.2, 0.25) is 0 Å². The molecule has 0 radical (unpaired) electrons. The van der Waals surface area contributed by atoms with Crippen molar-refractivity contribution in [2.75, 3.05) is 6.61 Å². The molecule has 10 heteroatoms. The van der Waals surface area contributed by atoms with Gasteiger partial charge in [-0.25, -0.2) is 0 Å². The molecular weight excluding hydrogens is 604 g/mol. The van der Waals surface area contributed by atoms with E-state index in [9.17, 15) is 25.2 Å². The van der Waals surface area contributed by atoms with E-state index >= 15 is 0 Å². The number of esters is 1. The fourth-order valence-corrected chi connectivity index (χ4v) is 14.4. The molecule has 5 saturated carbocycles. The molecule has 4 N–H and O–H groups in total. The molecule has 3 aliphatic heterocycles. The van der Waals surface area contributed by atoms with Gasteiger partial charge in [0, 0.05) is 18.3 Å². The average molecular weight is 663 g/mol. The first-order valence-electron chi connectivity index (χ1n) is 18.4. The Morgan fingerprint density at radius 3 is 2.28 bits per heavy atom. The van der Waals surface area contributed by atoms with Gasteiger partial charge < -0.3 is 44.1 Å². The van der Waals surface area contributed by atoms with E-state index in [1.54, 1.807) is 0 Å². The van der Waals surface area contributed by atoms with E-state index in [1.807, 2.05) is 13.8 Å². The van der Waals surface area contributed by atoms with E-state index in [2.05, 4.69) is 34.6 Å². The molecule has 17 atom stereocenters. The van der Waals surface area contributed by atoms with Crippen LogP contribution < -0.4 is 0 Å². The van der Waals surface area contributed by atoms with Gasteiger partial charge in [-0.1, -0.05) is 34.6 Å². The minimum Gasteiger partial charge on any atom is -0.457 e. The molecule has 5 aliphatic carbocycles. The lowest BCUT2D eigenvalue weighted by Gasteiger charge is -2.63. The average Bonchev–Trinajstić information content (AvgIpc) is 3.49. The van der Waals surface area contributed by atoms with Crippen LogP contribution in [0.25, 0.3) is 0 Å². The predicted octanol–water partition coefficient (Wildman–Crippen LogP) is 3.69. The topological polar surface area (TPSA) is 144 Å². The molecule has 0 aromatic heterocycles. The molecule has 0 amide bonds. The molecule has 0 aromatic rings. The number of aliphatic hydroxyl groups is 4. The van der Waals surface area contributed by atoms with Crippen molar-refractivity contribution in [3.05, 3.63) is 0 Å². The first kappa shape index (κ1) is 33.3. The van der Waals surface area contributed by atoms with Crippen molar-refractivity contribution in [1.29, 1.82) is 0 Å². The normalized spacial score (nSPS) is 58.8. The van der Waals surface area contributed by atoms with Gasteiger partial charge in [0.1, 0.15) is 36.1 Å². The lowest BCUT2D eigenvalue weighted by Crippen LogP contribution is -2.61. The number of carbonyl (C=O) groups excluding carboxylic acids is 1. The molecule has 47 heavy (non-hydrogen) atoms. The highest BCUT2D eigenvalue weighted by atomic mass is 16.8. The summed E-state index contributed by atoms with van der Waals surface area (Å²) in [6, 6.07) is 0. The van der Waals surface area contributed by atoms with E-state index in [1.165, 1.54) is 6.92 Å². The summed E-state index contributed by atoms with van der Waals surface area (Å²) in [6.45, 7) is 16.8. The molecule has 0 aromatic carbocycles. The number of hydrogen-bond acceptors (Lipinski definition) is 10. The largest absolute Gasteiger partial charge is 0.457 e. The second-order valence-corrected chi connectivity index (χ2v) is 18.8. The molecule has 8 rings (SSSR count). The number of fused-ring (bicyclic) bond motifs is 4. The summed E-state index contributed by atoms with van der Waals surface area (Å²) >= 11 is 0. The van der Waals surface area contributed by atoms with Gasteiger partial charge in [0.25, 0.3) is 0 Å². The van der Waals surface area contributed by atoms with Crippen molar-refractivity contribution in [3.8, 4) is 0 Å². The summed E-state index contributed by atoms with van der Waals surface area (Å²) in [6.07, 6.45) is 1.72. The lowest BCUT2D eigenvalue weighted by molar-refractivity contribution is -0.303. The Balaban J connectivity index is 1.09. The van der Waals surface area contributed by atoms with Crippen LogP contribution >= 0.6 is 0 Å². The Kier molecular flexibility index (Phi) is 7.03. The van der Waals surface area contributed by atoms with Crippen molar-refractivity contribution >= 4 is 5.97 Å². The van der Waals surface area contributed by atoms with Gasteiger partial charge in [-0.15, -0.1) is 0 Å². The van der Waals surface area contributed by atoms with Gasteiger partial charge in [0.05, 0.1) is 18.8 Å². The Bertz CT molecular complexity index is 1320. The van der Waals surface area contributed by atoms with Gasteiger partial charge in [-0.3, -0.25) is 4.79 Å². The van der Waals surface area contributed by atoms with Crippen molar-refractivity contribution in [1.82, 2.24) is 0 Å². The van der Waals surface area contributed by atoms with Crippen LogP contribution in [-0.2, 0) is 28.5 Å². The monoisotopic (exact) mass is 662 g/mol. The second kappa shape index (κ2) is 9.93. The third-order valence-electron chi connectivity index (χ3n) is 16.3. The molecule has 10 nitrogen and oxygen atoms in total. The van der Waals surface area contributed by atoms with Crippen LogP contribution in [0.1, 0.15) is 107 Å². The molecule has 266 valence electrons. The van der Waals surface area contributed by atoms with Crippen LogP contribution in [0.4, 0.5) is 0 Å². The second-order valence-electron chi connectivity index (χ2n) is 18.8. The Morgan fingerprint density at radius 2 is 1.57 bits per heavy atom. The highest BCUT2D eigenvalue weighted by Crippen LogP contribution is 2.90. The highest BCUT2D eigenvalue weighted by molar-refractivity contribution is 5.66. The zero-order valence-electron chi connectivity index (χ0n) is 29.5. The Morgan fingerprint density at radius 1 is 0.894 bits per heavy atom. The van der Waals surface area contributed by atoms with Crippen molar-refractivity contribution in [2.45, 2.75) is 167 Å². The summed E-state index contributed by atoms with van der Waals surface area (Å²) in [5, 5.41) is 43.7. The summed E-state index contributed by atoms with van der Waals surface area (Å²) < 4.78 is 31.9. The molecule has 8 aliphatic rings. The minimum absolute atomic E-state index is 0.0329. The Labute approximate surface area is 279 Å². The number of carbonyl (C=O) groups is 1. The Hall–Kier alpha value is -0.850. The zero-order valence-corrected chi connectivity index (χ0v) is 29.5. The smallest absolute Gasteiger partial charge is 0.303 e. The van der Waals surface area contributed by atoms with Crippen molar-refractivity contribution in [2.24, 2.45) is 50.7 Å². The van der Waals surface area contributed by atoms with Crippen molar-refractivity contribution < 1.29 is 48.9 Å². The number of ether oxygens (including phenoxy) is 5. The van der Waals surface area contributed by atoms with Gasteiger partial charge in [-0.2, -0.15) is 0 Å². The third-order valence-corrected chi connectivity index (χ3v) is 16.3. The van der Waals surface area contributed by atoms with E-state index in [0.717, 1.165) is 51.4 Å². The molecule has 8 fully saturated rings. The SMILES string of the molecule is CC(=O)OC(C)(C)[C@H]1O[C@@]23O[C@@H]1C[C@@H](C)[C@@H]2[C@@]1(C)CC[C@@]24C[C@@]25CC[C@H](OC2OCC(O)C(O)C2O)C(C)(C)C5CC[C@H]4[C@]1(C)[C@H]3O. The van der Waals surface area contributed by atoms with Crippen LogP contribution in [0.15, 0.2) is 0 Å². The van der Waals surface area contributed by atoms with Crippen molar-refractivity contribution in [3.63, 3.8) is 0 Å². The van der Waals surface area contributed by atoms with Gasteiger partial charge in [0.15, 0.2) is 12.1 Å². The number of aliphatic hydroxyl groups excluding tert-OH is 4. The molecule has 3 heterocycles. The first-order valence-corrected chi connectivity index (χ1v) is 18.4. The summed E-state index contributed by atoms with van der Waals surface area (Å²) in [7, 11) is 0. The predicted molar refractivity (Wildman–Crippen MR) is 168 cm³/mol. The van der Waals surface area contributed by atoms with E-state index in [4.69, 9.17) is 23.7 Å². The summed E-state index contributed by atoms with van der Waals surface area (Å²) in [4.78, 5) is 12.1. The maximum absolute atomic E-state index is 12.8. The maximum atomic E-state index is 12.8. The van der Waals surface area contributed by atoms with Gasteiger partial charge in [-0.05, 0) is 105 Å². The van der Waals surface area contributed by atoms with E-state index in [-0.39, 0.29) is 58.3 Å². The quantitative estimate of drug-likeness (QED) is 0.260. The number of rotatable bonds is 4. The summed E-state index contributed by atoms with van der Waals surface area (Å²) in [5.74, 6) is -0.402. The van der Waals surface area contributed by atoms with Crippen LogP contribution in [0.5, 0.6) is 0 Å². The molecular formula is C37H58O10. The van der Waals surface area contributed by atoms with Crippen LogP contribution in [-0.4, -0.2) is 93.4 Å². The van der Waals surface area contributed by atoms with Gasteiger partial charge in [0.2, 0.25) is 0 Å². The summed E-state index contributed by atoms with van der Waals surface area (Å²) in [5.41, 5.74) is -1.36. The highest BCUT2D eigenvalue weighted by Gasteiger charge is 2.88. The van der Waals surface area contributed by atoms with E-state index < -0.39 is 53.6 Å². The van der Waals surface area contributed by atoms with Gasteiger partial charge >= 0.3 is 5.97 Å². The minimum atomic E-state index is -1.29. The fourth-order valence-electron chi connectivity index (χ4n) is 14.4. The number of hydrogen-bond donors (Lipinski definition) is 4. The molecule has 3 spiro atoms. The van der Waals surface area contributed by atoms with Crippen LogP contribution in [0.3, 0.4) is 0 Å².